The maximum atomic E-state index is 13.8. The quantitative estimate of drug-likeness (QED) is 0.329. The van der Waals surface area contributed by atoms with Gasteiger partial charge in [0, 0.05) is 43.9 Å². The zero-order chi connectivity index (χ0) is 27.3. The fourth-order valence-electron chi connectivity index (χ4n) is 4.29. The number of carbonyl (C=O) groups excluding carboxylic acids is 1. The van der Waals surface area contributed by atoms with E-state index >= 15 is 0 Å². The van der Waals surface area contributed by atoms with Gasteiger partial charge in [0.15, 0.2) is 16.6 Å². The number of hydrogen-bond acceptors (Lipinski definition) is 9. The first kappa shape index (κ1) is 31.1. The number of sulfonamides is 1. The number of aromatic nitrogens is 1. The van der Waals surface area contributed by atoms with Gasteiger partial charge >= 0.3 is 0 Å². The van der Waals surface area contributed by atoms with Crippen molar-refractivity contribution < 1.29 is 27.4 Å². The first-order valence-electron chi connectivity index (χ1n) is 12.6. The summed E-state index contributed by atoms with van der Waals surface area (Å²) in [6.07, 6.45) is 0. The van der Waals surface area contributed by atoms with Crippen molar-refractivity contribution in [3.63, 3.8) is 0 Å². The number of morpholine rings is 1. The van der Waals surface area contributed by atoms with E-state index in [1.54, 1.807) is 37.3 Å². The molecule has 1 fully saturated rings. The SMILES string of the molecule is CCN(CC)CCN(C(=O)c1ccc(S(=O)(=O)N2CCOCC2)cc1)c1nc2cc(OC)c(OC)cc2s1.Cl. The zero-order valence-electron chi connectivity index (χ0n) is 22.6. The number of rotatable bonds is 11. The van der Waals surface area contributed by atoms with Crippen LogP contribution < -0.4 is 14.4 Å². The minimum atomic E-state index is -3.65. The molecule has 2 aromatic carbocycles. The summed E-state index contributed by atoms with van der Waals surface area (Å²) >= 11 is 1.40. The summed E-state index contributed by atoms with van der Waals surface area (Å²) < 4.78 is 44.4. The highest BCUT2D eigenvalue weighted by molar-refractivity contribution is 7.89. The Bertz CT molecular complexity index is 1320. The van der Waals surface area contributed by atoms with Crippen LogP contribution in [0.2, 0.25) is 0 Å². The summed E-state index contributed by atoms with van der Waals surface area (Å²) in [5.41, 5.74) is 1.09. The summed E-state index contributed by atoms with van der Waals surface area (Å²) in [7, 11) is -0.501. The Morgan fingerprint density at radius 1 is 1.03 bits per heavy atom. The Balaban J connectivity index is 0.00000420. The molecular weight excluding hydrogens is 564 g/mol. The molecule has 1 amide bonds. The van der Waals surface area contributed by atoms with Crippen LogP contribution in [0.1, 0.15) is 24.2 Å². The van der Waals surface area contributed by atoms with Crippen molar-refractivity contribution in [1.29, 1.82) is 0 Å². The van der Waals surface area contributed by atoms with Crippen LogP contribution in [0.25, 0.3) is 10.2 Å². The number of methoxy groups -OCH3 is 2. The largest absolute Gasteiger partial charge is 0.493 e. The minimum Gasteiger partial charge on any atom is -0.493 e. The van der Waals surface area contributed by atoms with Crippen LogP contribution in [0.15, 0.2) is 41.3 Å². The van der Waals surface area contributed by atoms with Crippen LogP contribution >= 0.6 is 23.7 Å². The lowest BCUT2D eigenvalue weighted by Gasteiger charge is -2.26. The van der Waals surface area contributed by atoms with Crippen LogP contribution in [0.4, 0.5) is 5.13 Å². The number of anilines is 1. The van der Waals surface area contributed by atoms with Crippen LogP contribution in [0, 0.1) is 0 Å². The van der Waals surface area contributed by atoms with Gasteiger partial charge < -0.3 is 19.1 Å². The number of carbonyl (C=O) groups is 1. The Hall–Kier alpha value is -2.48. The number of fused-ring (bicyclic) bond motifs is 1. The molecule has 1 aliphatic heterocycles. The molecule has 39 heavy (non-hydrogen) atoms. The fraction of sp³-hybridized carbons (Fsp3) is 0.462. The van der Waals surface area contributed by atoms with Crippen molar-refractivity contribution in [3.8, 4) is 11.5 Å². The second-order valence-electron chi connectivity index (χ2n) is 8.70. The van der Waals surface area contributed by atoms with Gasteiger partial charge in [-0.1, -0.05) is 25.2 Å². The van der Waals surface area contributed by atoms with Gasteiger partial charge in [0.05, 0.1) is 42.5 Å². The van der Waals surface area contributed by atoms with E-state index in [1.165, 1.54) is 27.8 Å². The minimum absolute atomic E-state index is 0. The van der Waals surface area contributed by atoms with E-state index in [2.05, 4.69) is 18.7 Å². The summed E-state index contributed by atoms with van der Waals surface area (Å²) in [6, 6.07) is 9.78. The lowest BCUT2D eigenvalue weighted by atomic mass is 10.2. The fourth-order valence-corrected chi connectivity index (χ4v) is 6.69. The third kappa shape index (κ3) is 6.82. The summed E-state index contributed by atoms with van der Waals surface area (Å²) in [4.78, 5) is 22.6. The molecule has 0 atom stereocenters. The van der Waals surface area contributed by atoms with Crippen molar-refractivity contribution in [2.45, 2.75) is 18.7 Å². The summed E-state index contributed by atoms with van der Waals surface area (Å²) in [5, 5.41) is 0.553. The van der Waals surface area contributed by atoms with Crippen LogP contribution in [-0.4, -0.2) is 95.2 Å². The summed E-state index contributed by atoms with van der Waals surface area (Å²) in [5.74, 6) is 0.911. The maximum absolute atomic E-state index is 13.8. The molecule has 2 heterocycles. The molecule has 0 saturated carbocycles. The maximum Gasteiger partial charge on any atom is 0.260 e. The van der Waals surface area contributed by atoms with E-state index in [4.69, 9.17) is 19.2 Å². The van der Waals surface area contributed by atoms with Gasteiger partial charge in [-0.2, -0.15) is 4.31 Å². The van der Waals surface area contributed by atoms with Crippen molar-refractivity contribution in [3.05, 3.63) is 42.0 Å². The molecule has 13 heteroatoms. The van der Waals surface area contributed by atoms with Gasteiger partial charge in [-0.15, -0.1) is 12.4 Å². The van der Waals surface area contributed by atoms with Gasteiger partial charge in [-0.05, 0) is 37.4 Å². The first-order valence-corrected chi connectivity index (χ1v) is 14.8. The average Bonchev–Trinajstić information content (AvgIpc) is 3.37. The molecule has 10 nitrogen and oxygen atoms in total. The van der Waals surface area contributed by atoms with Crippen LogP contribution in [-0.2, 0) is 14.8 Å². The number of benzene rings is 2. The van der Waals surface area contributed by atoms with E-state index in [9.17, 15) is 13.2 Å². The Kier molecular flexibility index (Phi) is 10.9. The molecule has 0 bridgehead atoms. The Morgan fingerprint density at radius 2 is 1.64 bits per heavy atom. The van der Waals surface area contributed by atoms with Crippen molar-refractivity contribution in [2.75, 3.05) is 71.6 Å². The molecule has 0 aliphatic carbocycles. The second-order valence-corrected chi connectivity index (χ2v) is 11.6. The predicted molar refractivity (Wildman–Crippen MR) is 155 cm³/mol. The smallest absolute Gasteiger partial charge is 0.260 e. The number of ether oxygens (including phenoxy) is 3. The predicted octanol–water partition coefficient (Wildman–Crippen LogP) is 3.74. The zero-order valence-corrected chi connectivity index (χ0v) is 25.0. The lowest BCUT2D eigenvalue weighted by Crippen LogP contribution is -2.40. The van der Waals surface area contributed by atoms with Crippen molar-refractivity contribution in [2.24, 2.45) is 0 Å². The highest BCUT2D eigenvalue weighted by Crippen LogP contribution is 2.37. The van der Waals surface area contributed by atoms with Crippen molar-refractivity contribution >= 4 is 55.0 Å². The van der Waals surface area contributed by atoms with Crippen LogP contribution in [0.3, 0.4) is 0 Å². The number of likely N-dealkylation sites (N-methyl/N-ethyl adjacent to an activating group) is 1. The van der Waals surface area contributed by atoms with Gasteiger partial charge in [0.1, 0.15) is 0 Å². The molecule has 4 rings (SSSR count). The van der Waals surface area contributed by atoms with E-state index in [0.29, 0.717) is 67.1 Å². The van der Waals surface area contributed by atoms with Crippen LogP contribution in [0.5, 0.6) is 11.5 Å². The lowest BCUT2D eigenvalue weighted by molar-refractivity contribution is 0.0730. The highest BCUT2D eigenvalue weighted by Gasteiger charge is 2.27. The molecule has 1 aromatic heterocycles. The number of thiazole rings is 1. The molecular formula is C26H35ClN4O6S2. The molecule has 1 aliphatic rings. The van der Waals surface area contributed by atoms with E-state index in [-0.39, 0.29) is 23.2 Å². The van der Waals surface area contributed by atoms with E-state index in [1.807, 2.05) is 6.07 Å². The monoisotopic (exact) mass is 598 g/mol. The Morgan fingerprint density at radius 3 is 2.23 bits per heavy atom. The van der Waals surface area contributed by atoms with Crippen molar-refractivity contribution in [1.82, 2.24) is 14.2 Å². The highest BCUT2D eigenvalue weighted by atomic mass is 35.5. The molecule has 3 aromatic rings. The van der Waals surface area contributed by atoms with E-state index < -0.39 is 10.0 Å². The number of nitrogens with zero attached hydrogens (tertiary/aromatic N) is 4. The second kappa shape index (κ2) is 13.7. The van der Waals surface area contributed by atoms with Gasteiger partial charge in [0.25, 0.3) is 5.91 Å². The number of amides is 1. The molecule has 0 N–H and O–H groups in total. The molecule has 0 unspecified atom stereocenters. The third-order valence-corrected chi connectivity index (χ3v) is 9.56. The number of hydrogen-bond donors (Lipinski definition) is 0. The molecule has 214 valence electrons. The first-order chi connectivity index (χ1) is 18.3. The van der Waals surface area contributed by atoms with Gasteiger partial charge in [0.2, 0.25) is 10.0 Å². The third-order valence-electron chi connectivity index (χ3n) is 6.60. The summed E-state index contributed by atoms with van der Waals surface area (Å²) in [6.45, 7) is 8.37. The molecule has 1 saturated heterocycles. The standard InChI is InChI=1S/C26H34N4O6S2.ClH/c1-5-28(6-2)11-12-30(26-27-21-17-22(34-3)23(35-4)18-24(21)37-26)25(31)19-7-9-20(10-8-19)38(32,33)29-13-15-36-16-14-29;/h7-10,17-18H,5-6,11-16H2,1-4H3;1H. The molecule has 0 radical (unpaired) electrons. The van der Waals surface area contributed by atoms with Gasteiger partial charge in [-0.25, -0.2) is 13.4 Å². The normalized spacial score (nSPS) is 14.3. The van der Waals surface area contributed by atoms with E-state index in [0.717, 1.165) is 17.8 Å². The topological polar surface area (TPSA) is 102 Å². The average molecular weight is 599 g/mol. The number of halogens is 1. The van der Waals surface area contributed by atoms with Gasteiger partial charge in [-0.3, -0.25) is 9.69 Å². The molecule has 0 spiro atoms. The Labute approximate surface area is 239 Å².